The number of aromatic nitrogens is 2. The summed E-state index contributed by atoms with van der Waals surface area (Å²) in [5.74, 6) is 0. The van der Waals surface area contributed by atoms with Gasteiger partial charge in [0.05, 0.1) is 33.1 Å². The first kappa shape index (κ1) is 46.0. The summed E-state index contributed by atoms with van der Waals surface area (Å²) in [5.41, 5.74) is 23.6. The van der Waals surface area contributed by atoms with Crippen LogP contribution in [0, 0.1) is 0 Å². The Bertz CT molecular complexity index is 4880. The molecule has 4 heteroatoms. The van der Waals surface area contributed by atoms with Crippen molar-refractivity contribution < 1.29 is 0 Å². The highest BCUT2D eigenvalue weighted by Crippen LogP contribution is 2.55. The highest BCUT2D eigenvalue weighted by atomic mass is 15.1. The molecule has 13 aromatic carbocycles. The third kappa shape index (κ3) is 6.92. The van der Waals surface area contributed by atoms with Crippen molar-refractivity contribution in [1.82, 2.24) is 8.80 Å². The van der Waals surface area contributed by atoms with Gasteiger partial charge in [0.15, 0.2) is 0 Å². The first-order valence-corrected chi connectivity index (χ1v) is 28.3. The van der Waals surface area contributed by atoms with Crippen molar-refractivity contribution in [2.24, 2.45) is 0 Å². The van der Waals surface area contributed by atoms with Crippen molar-refractivity contribution in [3.8, 4) is 44.5 Å². The summed E-state index contributed by atoms with van der Waals surface area (Å²) in [4.78, 5) is 4.78. The Morgan fingerprint density at radius 2 is 0.488 bits per heavy atom. The summed E-state index contributed by atoms with van der Waals surface area (Å²) in [6, 6.07) is 111. The Morgan fingerprint density at radius 3 is 0.854 bits per heavy atom. The number of fused-ring (bicyclic) bond motifs is 12. The van der Waals surface area contributed by atoms with E-state index in [-0.39, 0.29) is 0 Å². The molecular weight excluding hydrogens is 993 g/mol. The molecule has 4 heterocycles. The van der Waals surface area contributed by atoms with Crippen LogP contribution in [0.3, 0.4) is 0 Å². The average molecular weight is 1040 g/mol. The molecule has 0 bridgehead atoms. The quantitative estimate of drug-likeness (QED) is 0.136. The molecule has 0 saturated heterocycles. The van der Waals surface area contributed by atoms with Gasteiger partial charge in [-0.1, -0.05) is 218 Å². The number of hydrogen-bond acceptors (Lipinski definition) is 2. The summed E-state index contributed by atoms with van der Waals surface area (Å²) in [6.07, 6.45) is 0. The van der Waals surface area contributed by atoms with E-state index in [9.17, 15) is 0 Å². The van der Waals surface area contributed by atoms with E-state index in [0.717, 1.165) is 34.1 Å². The van der Waals surface area contributed by atoms with Crippen molar-refractivity contribution in [1.29, 1.82) is 0 Å². The molecule has 0 aliphatic carbocycles. The summed E-state index contributed by atoms with van der Waals surface area (Å²) >= 11 is 0. The van der Waals surface area contributed by atoms with Crippen LogP contribution >= 0.6 is 0 Å². The van der Waals surface area contributed by atoms with E-state index in [2.05, 4.69) is 322 Å². The van der Waals surface area contributed by atoms with E-state index in [4.69, 9.17) is 0 Å². The molecule has 17 rings (SSSR count). The second-order valence-corrected chi connectivity index (χ2v) is 21.6. The fourth-order valence-corrected chi connectivity index (χ4v) is 13.6. The molecule has 0 atom stereocenters. The van der Waals surface area contributed by atoms with Crippen LogP contribution in [0.1, 0.15) is 0 Å². The van der Waals surface area contributed by atoms with Crippen LogP contribution in [-0.2, 0) is 0 Å². The van der Waals surface area contributed by atoms with Crippen molar-refractivity contribution in [2.45, 2.75) is 0 Å². The molecule has 4 nitrogen and oxygen atoms in total. The molecule has 0 aliphatic heterocycles. The lowest BCUT2D eigenvalue weighted by Gasteiger charge is -2.26. The summed E-state index contributed by atoms with van der Waals surface area (Å²) < 4.78 is 5.22. The number of benzene rings is 13. The Kier molecular flexibility index (Phi) is 10.3. The molecule has 82 heavy (non-hydrogen) atoms. The van der Waals surface area contributed by atoms with Gasteiger partial charge in [0.1, 0.15) is 0 Å². The maximum atomic E-state index is 2.61. The minimum Gasteiger partial charge on any atom is -0.310 e. The maximum absolute atomic E-state index is 2.61. The van der Waals surface area contributed by atoms with E-state index in [1.807, 2.05) is 0 Å². The van der Waals surface area contributed by atoms with Crippen LogP contribution in [0.5, 0.6) is 0 Å². The molecule has 0 fully saturated rings. The smallest absolute Gasteiger partial charge is 0.0634 e. The molecule has 4 aromatic heterocycles. The van der Waals surface area contributed by atoms with Gasteiger partial charge in [-0.25, -0.2) is 0 Å². The fourth-order valence-electron chi connectivity index (χ4n) is 13.6. The molecule has 382 valence electrons. The lowest BCUT2D eigenvalue weighted by atomic mass is 9.89. The van der Waals surface area contributed by atoms with Crippen LogP contribution in [0.2, 0.25) is 0 Å². The van der Waals surface area contributed by atoms with Crippen LogP contribution in [0.15, 0.2) is 303 Å². The van der Waals surface area contributed by atoms with Gasteiger partial charge in [0.2, 0.25) is 0 Å². The first-order chi connectivity index (χ1) is 40.7. The van der Waals surface area contributed by atoms with Gasteiger partial charge >= 0.3 is 0 Å². The van der Waals surface area contributed by atoms with Crippen molar-refractivity contribution >= 4 is 110 Å². The van der Waals surface area contributed by atoms with E-state index in [1.54, 1.807) is 0 Å². The number of hydrogen-bond donors (Lipinski definition) is 0. The maximum Gasteiger partial charge on any atom is 0.0634 e. The monoisotopic (exact) mass is 1040 g/mol. The third-order valence-electron chi connectivity index (χ3n) is 17.1. The number of para-hydroxylation sites is 4. The normalized spacial score (nSPS) is 11.9. The predicted molar refractivity (Wildman–Crippen MR) is 347 cm³/mol. The van der Waals surface area contributed by atoms with E-state index in [1.165, 1.54) is 121 Å². The van der Waals surface area contributed by atoms with E-state index < -0.39 is 0 Å². The minimum atomic E-state index is 1.10. The lowest BCUT2D eigenvalue weighted by Crippen LogP contribution is -2.09. The molecule has 17 aromatic rings. The van der Waals surface area contributed by atoms with Gasteiger partial charge in [-0.05, 0) is 118 Å². The standard InChI is InChI=1S/C78H50N4/c1-7-21-51(22-8-1)53-37-41-59(42-38-53)79(57-29-15-5-16-30-57)61-45-47-69-67(49-61)63-33-19-35-65-73-72(56-27-13-4-14-28-56)78-74(71(55-25-11-3-12-26-55)77(73)81(69)75(63)65)66-36-20-34-64-68-50-62(46-48-70(68)82(78)76(64)66)80(58-31-17-6-18-32-58)60-43-39-54(40-44-60)52-23-9-2-10-24-52/h1-50H. The molecule has 0 aliphatic rings. The molecular formula is C78H50N4. The number of rotatable bonds is 10. The van der Waals surface area contributed by atoms with Crippen molar-refractivity contribution in [3.05, 3.63) is 303 Å². The van der Waals surface area contributed by atoms with Crippen molar-refractivity contribution in [2.75, 3.05) is 9.80 Å². The topological polar surface area (TPSA) is 15.3 Å². The van der Waals surface area contributed by atoms with Crippen LogP contribution in [-0.4, -0.2) is 8.80 Å². The summed E-state index contributed by atoms with van der Waals surface area (Å²) in [5, 5.41) is 9.89. The van der Waals surface area contributed by atoms with Gasteiger partial charge in [-0.3, -0.25) is 0 Å². The summed E-state index contributed by atoms with van der Waals surface area (Å²) in [6.45, 7) is 0. The van der Waals surface area contributed by atoms with E-state index >= 15 is 0 Å². The number of anilines is 6. The highest BCUT2D eigenvalue weighted by Gasteiger charge is 2.31. The molecule has 0 radical (unpaired) electrons. The Labute approximate surface area is 474 Å². The second-order valence-electron chi connectivity index (χ2n) is 21.6. The van der Waals surface area contributed by atoms with Crippen LogP contribution in [0.25, 0.3) is 121 Å². The van der Waals surface area contributed by atoms with Gasteiger partial charge in [0, 0.05) is 88.3 Å². The molecule has 0 unspecified atom stereocenters. The van der Waals surface area contributed by atoms with Crippen LogP contribution < -0.4 is 9.80 Å². The zero-order chi connectivity index (χ0) is 53.8. The van der Waals surface area contributed by atoms with Gasteiger partial charge in [0.25, 0.3) is 0 Å². The lowest BCUT2D eigenvalue weighted by molar-refractivity contribution is 1.28. The Balaban J connectivity index is 0.934. The average Bonchev–Trinajstić information content (AvgIpc) is 1.82. The highest BCUT2D eigenvalue weighted by molar-refractivity contribution is 6.38. The number of nitrogens with zero attached hydrogens (tertiary/aromatic N) is 4. The first-order valence-electron chi connectivity index (χ1n) is 28.3. The molecule has 0 saturated carbocycles. The SMILES string of the molecule is c1ccc(-c2ccc(N(c3ccccc3)c3ccc4c(c3)c3cccc5c6c(-c7ccccc7)c7c(c(-c8ccccc8)c6n4c35)c3cccc4c5cc(N(c6ccccc6)c6ccc(-c8ccccc8)cc6)ccc5n7c43)cc2)cc1. The Morgan fingerprint density at radius 1 is 0.195 bits per heavy atom. The van der Waals surface area contributed by atoms with Gasteiger partial charge in [-0.2, -0.15) is 0 Å². The third-order valence-corrected chi connectivity index (χ3v) is 17.1. The largest absolute Gasteiger partial charge is 0.310 e. The van der Waals surface area contributed by atoms with Crippen molar-refractivity contribution in [3.63, 3.8) is 0 Å². The zero-order valence-corrected chi connectivity index (χ0v) is 44.7. The molecule has 0 spiro atoms. The zero-order valence-electron chi connectivity index (χ0n) is 44.7. The fraction of sp³-hybridized carbons (Fsp3) is 0. The summed E-state index contributed by atoms with van der Waals surface area (Å²) in [7, 11) is 0. The minimum absolute atomic E-state index is 1.10. The molecule has 0 amide bonds. The Hall–Kier alpha value is -10.9. The van der Waals surface area contributed by atoms with E-state index in [0.29, 0.717) is 0 Å². The second kappa shape index (κ2) is 18.3. The molecule has 0 N–H and O–H groups in total. The van der Waals surface area contributed by atoms with Gasteiger partial charge in [-0.15, -0.1) is 0 Å². The van der Waals surface area contributed by atoms with Gasteiger partial charge < -0.3 is 18.6 Å². The van der Waals surface area contributed by atoms with Crippen LogP contribution in [0.4, 0.5) is 34.1 Å². The predicted octanol–water partition coefficient (Wildman–Crippen LogP) is 21.6.